The Bertz CT molecular complexity index is 247. The van der Waals surface area contributed by atoms with Crippen LogP contribution in [-0.4, -0.2) is 40.0 Å². The second kappa shape index (κ2) is 5.65. The van der Waals surface area contributed by atoms with Crippen molar-refractivity contribution in [1.82, 2.24) is 4.72 Å². The Labute approximate surface area is 85.1 Å². The summed E-state index contributed by atoms with van der Waals surface area (Å²) in [6.07, 6.45) is 3.16. The zero-order valence-corrected chi connectivity index (χ0v) is 9.05. The topological polar surface area (TPSA) is 81.4 Å². The van der Waals surface area contributed by atoms with E-state index in [0.717, 1.165) is 25.9 Å². The van der Waals surface area contributed by atoms with Crippen LogP contribution < -0.4 is 10.5 Å². The molecule has 1 heterocycles. The van der Waals surface area contributed by atoms with Crippen molar-refractivity contribution >= 4 is 10.0 Å². The van der Waals surface area contributed by atoms with E-state index < -0.39 is 10.0 Å². The van der Waals surface area contributed by atoms with Crippen LogP contribution in [0.1, 0.15) is 19.3 Å². The highest BCUT2D eigenvalue weighted by Gasteiger charge is 2.16. The molecule has 0 spiro atoms. The molecule has 6 heteroatoms. The lowest BCUT2D eigenvalue weighted by atomic mass is 10.1. The Kier molecular flexibility index (Phi) is 4.80. The average molecular weight is 222 g/mol. The maximum Gasteiger partial charge on any atom is 0.212 e. The molecule has 0 radical (unpaired) electrons. The summed E-state index contributed by atoms with van der Waals surface area (Å²) in [5, 5.41) is 0. The number of sulfonamides is 1. The number of rotatable bonds is 5. The highest BCUT2D eigenvalue weighted by Crippen LogP contribution is 2.11. The van der Waals surface area contributed by atoms with Gasteiger partial charge in [0.05, 0.1) is 11.9 Å². The molecule has 1 saturated heterocycles. The molecule has 0 aromatic heterocycles. The number of nitrogens with two attached hydrogens (primary N) is 1. The average Bonchev–Trinajstić information content (AvgIpc) is 2.17. The van der Waals surface area contributed by atoms with Crippen molar-refractivity contribution in [3.05, 3.63) is 0 Å². The van der Waals surface area contributed by atoms with Gasteiger partial charge in [-0.15, -0.1) is 0 Å². The smallest absolute Gasteiger partial charge is 0.212 e. The Morgan fingerprint density at radius 1 is 1.43 bits per heavy atom. The van der Waals surface area contributed by atoms with Crippen LogP contribution >= 0.6 is 0 Å². The molecule has 0 amide bonds. The van der Waals surface area contributed by atoms with Crippen molar-refractivity contribution in [3.63, 3.8) is 0 Å². The fourth-order valence-electron chi connectivity index (χ4n) is 1.42. The van der Waals surface area contributed by atoms with Gasteiger partial charge >= 0.3 is 0 Å². The third-order valence-electron chi connectivity index (χ3n) is 2.19. The summed E-state index contributed by atoms with van der Waals surface area (Å²) < 4.78 is 30.3. The van der Waals surface area contributed by atoms with E-state index in [9.17, 15) is 8.42 Å². The molecule has 1 aliphatic rings. The van der Waals surface area contributed by atoms with E-state index in [0.29, 0.717) is 6.54 Å². The molecule has 84 valence electrons. The first kappa shape index (κ1) is 11.9. The van der Waals surface area contributed by atoms with Gasteiger partial charge in [-0.25, -0.2) is 13.1 Å². The van der Waals surface area contributed by atoms with E-state index in [1.54, 1.807) is 0 Å². The first-order valence-electron chi connectivity index (χ1n) is 4.93. The Morgan fingerprint density at radius 3 is 2.79 bits per heavy atom. The molecule has 0 unspecified atom stereocenters. The van der Waals surface area contributed by atoms with E-state index in [-0.39, 0.29) is 18.4 Å². The van der Waals surface area contributed by atoms with Crippen LogP contribution in [0, 0.1) is 0 Å². The molecule has 1 atom stereocenters. The first-order valence-corrected chi connectivity index (χ1v) is 6.58. The molecule has 0 bridgehead atoms. The standard InChI is InChI=1S/C8H18N2O3S/c9-4-6-14(11,12)10-7-8-3-1-2-5-13-8/h8,10H,1-7,9H2/t8-/m0/s1. The van der Waals surface area contributed by atoms with Crippen LogP contribution in [0.15, 0.2) is 0 Å². The van der Waals surface area contributed by atoms with Gasteiger partial charge < -0.3 is 10.5 Å². The Morgan fingerprint density at radius 2 is 2.21 bits per heavy atom. The van der Waals surface area contributed by atoms with E-state index in [1.165, 1.54) is 0 Å². The molecule has 1 fully saturated rings. The second-order valence-electron chi connectivity index (χ2n) is 3.44. The van der Waals surface area contributed by atoms with Crippen molar-refractivity contribution in [3.8, 4) is 0 Å². The lowest BCUT2D eigenvalue weighted by Crippen LogP contribution is -2.37. The highest BCUT2D eigenvalue weighted by molar-refractivity contribution is 7.89. The summed E-state index contributed by atoms with van der Waals surface area (Å²) in [6.45, 7) is 1.27. The Hall–Kier alpha value is -0.170. The van der Waals surface area contributed by atoms with Gasteiger partial charge in [0.1, 0.15) is 0 Å². The van der Waals surface area contributed by atoms with Gasteiger partial charge in [-0.2, -0.15) is 0 Å². The molecule has 0 aromatic carbocycles. The highest BCUT2D eigenvalue weighted by atomic mass is 32.2. The summed E-state index contributed by atoms with van der Waals surface area (Å²) in [7, 11) is -3.19. The number of hydrogen-bond acceptors (Lipinski definition) is 4. The van der Waals surface area contributed by atoms with Gasteiger partial charge in [-0.1, -0.05) is 0 Å². The molecular weight excluding hydrogens is 204 g/mol. The summed E-state index contributed by atoms with van der Waals surface area (Å²) in [4.78, 5) is 0. The lowest BCUT2D eigenvalue weighted by Gasteiger charge is -2.22. The van der Waals surface area contributed by atoms with E-state index in [2.05, 4.69) is 4.72 Å². The van der Waals surface area contributed by atoms with Crippen LogP contribution in [0.3, 0.4) is 0 Å². The van der Waals surface area contributed by atoms with Crippen molar-refractivity contribution in [1.29, 1.82) is 0 Å². The number of hydrogen-bond donors (Lipinski definition) is 2. The maximum absolute atomic E-state index is 11.2. The zero-order valence-electron chi connectivity index (χ0n) is 8.24. The first-order chi connectivity index (χ1) is 6.64. The van der Waals surface area contributed by atoms with Gasteiger partial charge in [0.2, 0.25) is 10.0 Å². The van der Waals surface area contributed by atoms with Crippen LogP contribution in [0.25, 0.3) is 0 Å². The maximum atomic E-state index is 11.2. The van der Waals surface area contributed by atoms with Gasteiger partial charge in [-0.3, -0.25) is 0 Å². The van der Waals surface area contributed by atoms with Crippen LogP contribution in [0.4, 0.5) is 0 Å². The zero-order chi connectivity index (χ0) is 10.4. The van der Waals surface area contributed by atoms with E-state index >= 15 is 0 Å². The minimum absolute atomic E-state index is 0.0142. The predicted molar refractivity (Wildman–Crippen MR) is 54.4 cm³/mol. The van der Waals surface area contributed by atoms with Crippen LogP contribution in [0.5, 0.6) is 0 Å². The van der Waals surface area contributed by atoms with Crippen molar-refractivity contribution in [2.24, 2.45) is 5.73 Å². The molecule has 5 nitrogen and oxygen atoms in total. The fourth-order valence-corrected chi connectivity index (χ4v) is 2.31. The molecule has 1 rings (SSSR count). The molecule has 0 aliphatic carbocycles. The minimum Gasteiger partial charge on any atom is -0.377 e. The second-order valence-corrected chi connectivity index (χ2v) is 5.37. The molecule has 0 saturated carbocycles. The lowest BCUT2D eigenvalue weighted by molar-refractivity contribution is 0.0200. The molecular formula is C8H18N2O3S. The van der Waals surface area contributed by atoms with Crippen LogP contribution in [0.2, 0.25) is 0 Å². The van der Waals surface area contributed by atoms with E-state index in [1.807, 2.05) is 0 Å². The monoisotopic (exact) mass is 222 g/mol. The minimum atomic E-state index is -3.19. The van der Waals surface area contributed by atoms with Gasteiger partial charge in [-0.05, 0) is 19.3 Å². The molecule has 3 N–H and O–H groups in total. The fraction of sp³-hybridized carbons (Fsp3) is 1.00. The largest absolute Gasteiger partial charge is 0.377 e. The third kappa shape index (κ3) is 4.36. The summed E-state index contributed by atoms with van der Waals surface area (Å²) in [5.41, 5.74) is 5.17. The van der Waals surface area contributed by atoms with Crippen molar-refractivity contribution < 1.29 is 13.2 Å². The van der Waals surface area contributed by atoms with Crippen LogP contribution in [-0.2, 0) is 14.8 Å². The summed E-state index contributed by atoms with van der Waals surface area (Å²) in [5.74, 6) is -0.0142. The van der Waals surface area contributed by atoms with Gasteiger partial charge in [0, 0.05) is 19.7 Å². The normalized spacial score (nSPS) is 23.6. The molecule has 0 aromatic rings. The molecule has 14 heavy (non-hydrogen) atoms. The summed E-state index contributed by atoms with van der Waals surface area (Å²) in [6, 6.07) is 0. The van der Waals surface area contributed by atoms with Crippen molar-refractivity contribution in [2.75, 3.05) is 25.4 Å². The Balaban J connectivity index is 2.24. The van der Waals surface area contributed by atoms with Crippen molar-refractivity contribution in [2.45, 2.75) is 25.4 Å². The number of ether oxygens (including phenoxy) is 1. The predicted octanol–water partition coefficient (Wildman–Crippen LogP) is -0.566. The van der Waals surface area contributed by atoms with Gasteiger partial charge in [0.15, 0.2) is 0 Å². The summed E-state index contributed by atoms with van der Waals surface area (Å²) >= 11 is 0. The third-order valence-corrected chi connectivity index (χ3v) is 3.57. The SMILES string of the molecule is NCCS(=O)(=O)NC[C@@H]1CCCCO1. The quantitative estimate of drug-likeness (QED) is 0.653. The van der Waals surface area contributed by atoms with E-state index in [4.69, 9.17) is 10.5 Å². The number of nitrogens with one attached hydrogen (secondary N) is 1. The van der Waals surface area contributed by atoms with Gasteiger partial charge in [0.25, 0.3) is 0 Å². The molecule has 1 aliphatic heterocycles.